The third kappa shape index (κ3) is 9.11. The Bertz CT molecular complexity index is 1360. The maximum absolute atomic E-state index is 13.6. The number of amides is 2. The Balaban J connectivity index is 1.68. The van der Waals surface area contributed by atoms with E-state index < -0.39 is 11.7 Å². The summed E-state index contributed by atoms with van der Waals surface area (Å²) in [5, 5.41) is 3.12. The van der Waals surface area contributed by atoms with Crippen LogP contribution in [0.4, 0.5) is 10.5 Å². The Kier molecular flexibility index (Phi) is 10.9. The molecule has 1 fully saturated rings. The van der Waals surface area contributed by atoms with Crippen molar-refractivity contribution in [1.82, 2.24) is 5.32 Å². The first-order valence-electron chi connectivity index (χ1n) is 15.0. The lowest BCUT2D eigenvalue weighted by atomic mass is 9.72. The fourth-order valence-corrected chi connectivity index (χ4v) is 5.55. The van der Waals surface area contributed by atoms with Gasteiger partial charge in [0.15, 0.2) is 0 Å². The van der Waals surface area contributed by atoms with Crippen molar-refractivity contribution in [2.75, 3.05) is 19.1 Å². The van der Waals surface area contributed by atoms with Crippen molar-refractivity contribution in [3.8, 4) is 11.5 Å². The summed E-state index contributed by atoms with van der Waals surface area (Å²) in [5.41, 5.74) is 3.29. The average Bonchev–Trinajstić information content (AvgIpc) is 3.01. The molecule has 1 N–H and O–H groups in total. The Labute approximate surface area is 255 Å². The minimum Gasteiger partial charge on any atom is -0.497 e. The van der Waals surface area contributed by atoms with Crippen molar-refractivity contribution in [3.05, 3.63) is 102 Å². The minimum atomic E-state index is -0.658. The number of allylic oxidation sites excluding steroid dienone is 1. The maximum atomic E-state index is 13.6. The normalized spacial score (nSPS) is 16.7. The van der Waals surface area contributed by atoms with Gasteiger partial charge in [0.25, 0.3) is 0 Å². The van der Waals surface area contributed by atoms with E-state index in [2.05, 4.69) is 17.4 Å². The Morgan fingerprint density at radius 1 is 0.907 bits per heavy atom. The second-order valence-corrected chi connectivity index (χ2v) is 12.0. The zero-order valence-corrected chi connectivity index (χ0v) is 26.0. The molecule has 0 radical (unpaired) electrons. The summed E-state index contributed by atoms with van der Waals surface area (Å²) in [7, 11) is 3.26. The van der Waals surface area contributed by atoms with Gasteiger partial charge >= 0.3 is 6.09 Å². The third-order valence-electron chi connectivity index (χ3n) is 7.71. The molecule has 7 nitrogen and oxygen atoms in total. The summed E-state index contributed by atoms with van der Waals surface area (Å²) in [6.07, 6.45) is 5.64. The van der Waals surface area contributed by atoms with Crippen molar-refractivity contribution < 1.29 is 23.8 Å². The summed E-state index contributed by atoms with van der Waals surface area (Å²) < 4.78 is 16.6. The summed E-state index contributed by atoms with van der Waals surface area (Å²) in [5.74, 6) is 1.45. The van der Waals surface area contributed by atoms with Crippen LogP contribution in [0.1, 0.15) is 69.9 Å². The van der Waals surface area contributed by atoms with Crippen molar-refractivity contribution >= 4 is 17.7 Å². The molecule has 1 aliphatic rings. The quantitative estimate of drug-likeness (QED) is 0.261. The van der Waals surface area contributed by atoms with E-state index >= 15 is 0 Å². The molecule has 7 heteroatoms. The molecule has 43 heavy (non-hydrogen) atoms. The molecule has 2 atom stereocenters. The number of methoxy groups -OCH3 is 2. The first-order valence-corrected chi connectivity index (χ1v) is 15.0. The number of nitrogens with zero attached hydrogens (tertiary/aromatic N) is 1. The molecule has 0 unspecified atom stereocenters. The van der Waals surface area contributed by atoms with Gasteiger partial charge < -0.3 is 19.5 Å². The molecular weight excluding hydrogens is 540 g/mol. The number of anilines is 1. The van der Waals surface area contributed by atoms with E-state index in [1.54, 1.807) is 19.1 Å². The van der Waals surface area contributed by atoms with E-state index in [1.165, 1.54) is 0 Å². The van der Waals surface area contributed by atoms with E-state index in [1.807, 2.05) is 93.7 Å². The van der Waals surface area contributed by atoms with E-state index in [4.69, 9.17) is 14.2 Å². The molecule has 0 saturated heterocycles. The van der Waals surface area contributed by atoms with Crippen LogP contribution < -0.4 is 19.7 Å². The van der Waals surface area contributed by atoms with Crippen LogP contribution >= 0.6 is 0 Å². The number of carbonyl (C=O) groups is 2. The van der Waals surface area contributed by atoms with Crippen LogP contribution in [0.15, 0.2) is 90.6 Å². The number of rotatable bonds is 10. The van der Waals surface area contributed by atoms with Crippen LogP contribution in [0.25, 0.3) is 0 Å². The highest BCUT2D eigenvalue weighted by molar-refractivity contribution is 5.90. The van der Waals surface area contributed by atoms with Crippen LogP contribution in [0.3, 0.4) is 0 Å². The Hall–Kier alpha value is -4.26. The number of nitrogens with one attached hydrogen (secondary N) is 1. The van der Waals surface area contributed by atoms with E-state index in [0.717, 1.165) is 48.1 Å². The maximum Gasteiger partial charge on any atom is 0.418 e. The molecule has 0 bridgehead atoms. The van der Waals surface area contributed by atoms with Crippen LogP contribution in [0, 0.1) is 5.92 Å². The monoisotopic (exact) mass is 584 g/mol. The van der Waals surface area contributed by atoms with Crippen molar-refractivity contribution in [2.45, 2.75) is 70.9 Å². The summed E-state index contributed by atoms with van der Waals surface area (Å²) in [6, 6.07) is 25.3. The zero-order valence-electron chi connectivity index (χ0n) is 26.0. The fraction of sp³-hybridized carbons (Fsp3) is 0.389. The Morgan fingerprint density at radius 3 is 2.14 bits per heavy atom. The number of ether oxygens (including phenoxy) is 3. The highest BCUT2D eigenvalue weighted by Gasteiger charge is 2.32. The van der Waals surface area contributed by atoms with Crippen LogP contribution in [0.5, 0.6) is 11.5 Å². The number of carbonyl (C=O) groups excluding carboxylic acids is 2. The van der Waals surface area contributed by atoms with Crippen molar-refractivity contribution in [1.29, 1.82) is 0 Å². The summed E-state index contributed by atoms with van der Waals surface area (Å²) in [4.78, 5) is 28.5. The molecule has 2 amide bonds. The SMILES string of the molecule is COc1ccc([C@H](CC(=O)NCc2ccccc2)[C@@H]2CCCC/C2=C/N(C(=O)OC(C)(C)C)c2ccc(OC)cc2)cc1. The van der Waals surface area contributed by atoms with Gasteiger partial charge in [-0.3, -0.25) is 9.69 Å². The van der Waals surface area contributed by atoms with Gasteiger partial charge in [-0.2, -0.15) is 0 Å². The van der Waals surface area contributed by atoms with Gasteiger partial charge in [0.1, 0.15) is 17.1 Å². The van der Waals surface area contributed by atoms with E-state index in [-0.39, 0.29) is 17.7 Å². The highest BCUT2D eigenvalue weighted by atomic mass is 16.6. The van der Waals surface area contributed by atoms with Crippen LogP contribution in [-0.4, -0.2) is 31.8 Å². The molecular formula is C36H44N2O5. The lowest BCUT2D eigenvalue weighted by Crippen LogP contribution is -2.35. The van der Waals surface area contributed by atoms with Crippen LogP contribution in [0.2, 0.25) is 0 Å². The molecule has 1 saturated carbocycles. The number of hydrogen-bond donors (Lipinski definition) is 1. The smallest absolute Gasteiger partial charge is 0.418 e. The average molecular weight is 585 g/mol. The first-order chi connectivity index (χ1) is 20.7. The van der Waals surface area contributed by atoms with Gasteiger partial charge in [0, 0.05) is 19.2 Å². The van der Waals surface area contributed by atoms with Gasteiger partial charge in [0.05, 0.1) is 19.9 Å². The first kappa shape index (κ1) is 31.7. The number of hydrogen-bond acceptors (Lipinski definition) is 5. The summed E-state index contributed by atoms with van der Waals surface area (Å²) >= 11 is 0. The third-order valence-corrected chi connectivity index (χ3v) is 7.71. The van der Waals surface area contributed by atoms with Gasteiger partial charge in [-0.15, -0.1) is 0 Å². The number of benzene rings is 3. The molecule has 1 aliphatic carbocycles. The zero-order chi connectivity index (χ0) is 30.8. The predicted molar refractivity (Wildman–Crippen MR) is 170 cm³/mol. The lowest BCUT2D eigenvalue weighted by Gasteiger charge is -2.34. The van der Waals surface area contributed by atoms with Gasteiger partial charge in [-0.1, -0.05) is 48.9 Å². The lowest BCUT2D eigenvalue weighted by molar-refractivity contribution is -0.121. The standard InChI is InChI=1S/C36H44N2O5/c1-36(2,3)43-35(40)38(29-17-21-31(42-5)22-18-29)25-28-13-9-10-14-32(28)33(27-15-19-30(41-4)20-16-27)23-34(39)37-24-26-11-7-6-8-12-26/h6-8,11-12,15-22,25,32-33H,9-10,13-14,23-24H2,1-5H3,(H,37,39)/b28-25-/t32-,33+/m1/s1. The fourth-order valence-electron chi connectivity index (χ4n) is 5.55. The molecule has 0 aliphatic heterocycles. The van der Waals surface area contributed by atoms with Crippen LogP contribution in [-0.2, 0) is 16.1 Å². The van der Waals surface area contributed by atoms with Gasteiger partial charge in [0.2, 0.25) is 5.91 Å². The molecule has 0 aromatic heterocycles. The predicted octanol–water partition coefficient (Wildman–Crippen LogP) is 8.01. The minimum absolute atomic E-state index is 0.00579. The van der Waals surface area contributed by atoms with Crippen molar-refractivity contribution in [2.24, 2.45) is 5.92 Å². The van der Waals surface area contributed by atoms with Gasteiger partial charge in [-0.05, 0) is 105 Å². The largest absolute Gasteiger partial charge is 0.497 e. The molecule has 3 aromatic rings. The van der Waals surface area contributed by atoms with E-state index in [9.17, 15) is 9.59 Å². The second-order valence-electron chi connectivity index (χ2n) is 12.0. The molecule has 228 valence electrons. The summed E-state index contributed by atoms with van der Waals surface area (Å²) in [6.45, 7) is 6.07. The molecule has 0 heterocycles. The molecule has 0 spiro atoms. The topological polar surface area (TPSA) is 77.1 Å². The molecule has 3 aromatic carbocycles. The Morgan fingerprint density at radius 2 is 1.53 bits per heavy atom. The van der Waals surface area contributed by atoms with Crippen molar-refractivity contribution in [3.63, 3.8) is 0 Å². The van der Waals surface area contributed by atoms with Gasteiger partial charge in [-0.25, -0.2) is 4.79 Å². The molecule has 4 rings (SSSR count). The second kappa shape index (κ2) is 14.8. The highest BCUT2D eigenvalue weighted by Crippen LogP contribution is 2.42. The van der Waals surface area contributed by atoms with E-state index in [0.29, 0.717) is 24.4 Å².